The van der Waals surface area contributed by atoms with Crippen molar-refractivity contribution in [2.24, 2.45) is 0 Å². The first-order valence-electron chi connectivity index (χ1n) is 16.3. The summed E-state index contributed by atoms with van der Waals surface area (Å²) < 4.78 is 6.79. The van der Waals surface area contributed by atoms with Crippen LogP contribution in [0.25, 0.3) is 84.4 Å². The Hall–Kier alpha value is -6.86. The lowest BCUT2D eigenvalue weighted by Crippen LogP contribution is -2.01. The van der Waals surface area contributed by atoms with E-state index in [9.17, 15) is 0 Å². The Kier molecular flexibility index (Phi) is 6.04. The van der Waals surface area contributed by atoms with Crippen molar-refractivity contribution in [1.29, 1.82) is 0 Å². The van der Waals surface area contributed by atoms with Gasteiger partial charge >= 0.3 is 0 Å². The van der Waals surface area contributed by atoms with Crippen molar-refractivity contribution in [3.05, 3.63) is 164 Å². The molecular weight excluding hydrogens is 603 g/mol. The minimum Gasteiger partial charge on any atom is -0.292 e. The number of aromatic nitrogens is 7. The summed E-state index contributed by atoms with van der Waals surface area (Å²) in [6.45, 7) is 0. The third-order valence-electron chi connectivity index (χ3n) is 9.09. The van der Waals surface area contributed by atoms with Crippen LogP contribution in [0.1, 0.15) is 0 Å². The van der Waals surface area contributed by atoms with Gasteiger partial charge in [0, 0.05) is 33.5 Å². The molecule has 7 nitrogen and oxygen atoms in total. The van der Waals surface area contributed by atoms with E-state index in [0.717, 1.165) is 66.9 Å². The molecule has 0 atom stereocenters. The number of fused-ring (bicyclic) bond motifs is 7. The SMILES string of the molecule is c1ccc(-c2nc(-c3ccccc3)nc(-c3cccc(-n4c5ccccc5c5c4nc4n(-c6ccccc6)c6ccccc6n54)c3)n2)cc1. The van der Waals surface area contributed by atoms with E-state index in [-0.39, 0.29) is 0 Å². The standard InChI is InChI=1S/C42H27N7/c1-4-15-28(16-5-1)38-43-39(29-17-6-2-7-18-29)45-40(44-38)30-19-14-22-32(27-30)47-34-24-11-10-23-33(34)37-41(47)46-42-48(31-20-8-3-9-21-31)35-25-12-13-26-36(35)49(37)42/h1-27H. The predicted octanol–water partition coefficient (Wildman–Crippen LogP) is 9.56. The molecule has 0 aliphatic carbocycles. The Morgan fingerprint density at radius 1 is 0.367 bits per heavy atom. The van der Waals surface area contributed by atoms with Gasteiger partial charge < -0.3 is 0 Å². The van der Waals surface area contributed by atoms with E-state index in [0.29, 0.717) is 17.5 Å². The highest BCUT2D eigenvalue weighted by Crippen LogP contribution is 2.37. The molecule has 0 N–H and O–H groups in total. The summed E-state index contributed by atoms with van der Waals surface area (Å²) in [5.74, 6) is 2.74. The van der Waals surface area contributed by atoms with Crippen LogP contribution >= 0.6 is 0 Å². The third kappa shape index (κ3) is 4.29. The second-order valence-electron chi connectivity index (χ2n) is 12.0. The predicted molar refractivity (Wildman–Crippen MR) is 196 cm³/mol. The van der Waals surface area contributed by atoms with E-state index in [1.807, 2.05) is 66.7 Å². The van der Waals surface area contributed by atoms with Crippen LogP contribution < -0.4 is 0 Å². The van der Waals surface area contributed by atoms with Crippen LogP contribution in [0, 0.1) is 0 Å². The molecule has 0 radical (unpaired) electrons. The molecule has 10 aromatic rings. The van der Waals surface area contributed by atoms with Gasteiger partial charge in [0.15, 0.2) is 23.1 Å². The molecule has 0 bridgehead atoms. The Morgan fingerprint density at radius 3 is 1.55 bits per heavy atom. The minimum atomic E-state index is 0.610. The summed E-state index contributed by atoms with van der Waals surface area (Å²) in [6, 6.07) is 56.0. The van der Waals surface area contributed by atoms with E-state index in [2.05, 4.69) is 111 Å². The van der Waals surface area contributed by atoms with Gasteiger partial charge in [0.25, 0.3) is 0 Å². The zero-order valence-corrected chi connectivity index (χ0v) is 26.2. The molecule has 49 heavy (non-hydrogen) atoms. The van der Waals surface area contributed by atoms with Gasteiger partial charge in [0.05, 0.1) is 16.6 Å². The lowest BCUT2D eigenvalue weighted by Gasteiger charge is -2.11. The van der Waals surface area contributed by atoms with Crippen LogP contribution in [0.5, 0.6) is 0 Å². The average Bonchev–Trinajstić information content (AvgIpc) is 3.81. The molecule has 0 unspecified atom stereocenters. The Labute approximate surface area is 281 Å². The molecular formula is C42H27N7. The van der Waals surface area contributed by atoms with E-state index in [4.69, 9.17) is 19.9 Å². The van der Waals surface area contributed by atoms with Gasteiger partial charge in [-0.25, -0.2) is 15.0 Å². The topological polar surface area (TPSA) is 65.8 Å². The first-order valence-corrected chi connectivity index (χ1v) is 16.3. The first kappa shape index (κ1) is 27.3. The van der Waals surface area contributed by atoms with Crippen molar-refractivity contribution >= 4 is 38.9 Å². The van der Waals surface area contributed by atoms with Gasteiger partial charge in [-0.2, -0.15) is 4.98 Å². The molecule has 0 fully saturated rings. The Bertz CT molecular complexity index is 2760. The van der Waals surface area contributed by atoms with Crippen molar-refractivity contribution in [3.63, 3.8) is 0 Å². The van der Waals surface area contributed by atoms with Crippen LogP contribution in [-0.4, -0.2) is 33.5 Å². The average molecular weight is 630 g/mol. The van der Waals surface area contributed by atoms with Gasteiger partial charge in [0.1, 0.15) is 5.52 Å². The Morgan fingerprint density at radius 2 is 0.878 bits per heavy atom. The van der Waals surface area contributed by atoms with Gasteiger partial charge in [0.2, 0.25) is 5.78 Å². The highest BCUT2D eigenvalue weighted by atomic mass is 15.2. The van der Waals surface area contributed by atoms with Crippen LogP contribution in [0.2, 0.25) is 0 Å². The fourth-order valence-electron chi connectivity index (χ4n) is 6.92. The molecule has 0 spiro atoms. The smallest absolute Gasteiger partial charge is 0.222 e. The fraction of sp³-hybridized carbons (Fsp3) is 0. The second-order valence-corrected chi connectivity index (χ2v) is 12.0. The normalized spacial score (nSPS) is 11.7. The maximum atomic E-state index is 5.40. The molecule has 7 heteroatoms. The zero-order chi connectivity index (χ0) is 32.3. The molecule has 0 aliphatic heterocycles. The molecule has 0 amide bonds. The van der Waals surface area contributed by atoms with Gasteiger partial charge in [-0.05, 0) is 42.5 Å². The van der Waals surface area contributed by atoms with Crippen molar-refractivity contribution in [2.45, 2.75) is 0 Å². The molecule has 0 saturated carbocycles. The van der Waals surface area contributed by atoms with Gasteiger partial charge in [-0.15, -0.1) is 0 Å². The van der Waals surface area contributed by atoms with Crippen LogP contribution in [-0.2, 0) is 0 Å². The molecule has 230 valence electrons. The highest BCUT2D eigenvalue weighted by Gasteiger charge is 2.23. The largest absolute Gasteiger partial charge is 0.292 e. The van der Waals surface area contributed by atoms with Crippen LogP contribution in [0.4, 0.5) is 0 Å². The molecule has 6 aromatic carbocycles. The summed E-state index contributed by atoms with van der Waals surface area (Å²) in [5.41, 5.74) is 10.1. The molecule has 0 saturated heterocycles. The Balaban J connectivity index is 1.22. The van der Waals surface area contributed by atoms with Crippen LogP contribution in [0.15, 0.2) is 164 Å². The number of nitrogens with zero attached hydrogens (tertiary/aromatic N) is 7. The molecule has 0 aliphatic rings. The van der Waals surface area contributed by atoms with Crippen molar-refractivity contribution in [3.8, 4) is 45.5 Å². The first-order chi connectivity index (χ1) is 24.3. The van der Waals surface area contributed by atoms with Gasteiger partial charge in [-0.3, -0.25) is 13.5 Å². The number of benzene rings is 6. The van der Waals surface area contributed by atoms with Crippen molar-refractivity contribution in [2.75, 3.05) is 0 Å². The minimum absolute atomic E-state index is 0.610. The lowest BCUT2D eigenvalue weighted by atomic mass is 10.1. The summed E-state index contributed by atoms with van der Waals surface area (Å²) in [4.78, 5) is 20.3. The van der Waals surface area contributed by atoms with E-state index in [1.165, 1.54) is 0 Å². The van der Waals surface area contributed by atoms with E-state index >= 15 is 0 Å². The number of para-hydroxylation sites is 4. The summed E-state index contributed by atoms with van der Waals surface area (Å²) in [5, 5.41) is 1.13. The van der Waals surface area contributed by atoms with E-state index < -0.39 is 0 Å². The lowest BCUT2D eigenvalue weighted by molar-refractivity contribution is 1.07. The number of rotatable bonds is 5. The summed E-state index contributed by atoms with van der Waals surface area (Å²) >= 11 is 0. The van der Waals surface area contributed by atoms with Crippen molar-refractivity contribution < 1.29 is 0 Å². The second kappa shape index (κ2) is 10.9. The molecule has 10 rings (SSSR count). The van der Waals surface area contributed by atoms with Crippen molar-refractivity contribution in [1.82, 2.24) is 33.5 Å². The fourth-order valence-corrected chi connectivity index (χ4v) is 6.92. The quantitative estimate of drug-likeness (QED) is 0.190. The summed E-state index contributed by atoms with van der Waals surface area (Å²) in [7, 11) is 0. The third-order valence-corrected chi connectivity index (χ3v) is 9.09. The molecule has 4 aromatic heterocycles. The number of hydrogen-bond acceptors (Lipinski definition) is 4. The van der Waals surface area contributed by atoms with Crippen LogP contribution in [0.3, 0.4) is 0 Å². The monoisotopic (exact) mass is 629 g/mol. The number of imidazole rings is 2. The maximum Gasteiger partial charge on any atom is 0.222 e. The molecule has 4 heterocycles. The summed E-state index contributed by atoms with van der Waals surface area (Å²) in [6.07, 6.45) is 0. The number of hydrogen-bond donors (Lipinski definition) is 0. The zero-order valence-electron chi connectivity index (χ0n) is 26.2. The van der Waals surface area contributed by atoms with E-state index in [1.54, 1.807) is 0 Å². The highest BCUT2D eigenvalue weighted by molar-refractivity contribution is 6.09. The van der Waals surface area contributed by atoms with Gasteiger partial charge in [-0.1, -0.05) is 121 Å². The maximum absolute atomic E-state index is 5.40.